The fourth-order valence-electron chi connectivity index (χ4n) is 2.96. The van der Waals surface area contributed by atoms with Crippen LogP contribution in [-0.2, 0) is 0 Å². The molecule has 0 bridgehead atoms. The molecule has 1 rings (SSSR count). The van der Waals surface area contributed by atoms with E-state index < -0.39 is 0 Å². The Bertz CT molecular complexity index is 186. The largest absolute Gasteiger partial charge is 0.123 e. The van der Waals surface area contributed by atoms with E-state index >= 15 is 0 Å². The summed E-state index contributed by atoms with van der Waals surface area (Å²) in [6.07, 6.45) is 8.07. The molecule has 1 saturated carbocycles. The van der Waals surface area contributed by atoms with Crippen molar-refractivity contribution in [2.45, 2.75) is 71.6 Å². The number of halogens is 1. The van der Waals surface area contributed by atoms with Gasteiger partial charge in [0.2, 0.25) is 0 Å². The van der Waals surface area contributed by atoms with Gasteiger partial charge in [-0.25, -0.2) is 0 Å². The Kier molecular flexibility index (Phi) is 6.18. The molecule has 1 fully saturated rings. The van der Waals surface area contributed by atoms with E-state index in [0.29, 0.717) is 5.38 Å². The smallest absolute Gasteiger partial charge is 0.0364 e. The molecule has 0 heterocycles. The molecule has 1 aliphatic rings. The van der Waals surface area contributed by atoms with Crippen LogP contribution in [0, 0.1) is 23.7 Å². The quantitative estimate of drug-likeness (QED) is 0.561. The summed E-state index contributed by atoms with van der Waals surface area (Å²) in [5.74, 6) is 3.41. The lowest BCUT2D eigenvalue weighted by Gasteiger charge is -2.35. The molecule has 1 heteroatoms. The summed E-state index contributed by atoms with van der Waals surface area (Å²) in [6, 6.07) is 0. The van der Waals surface area contributed by atoms with Gasteiger partial charge in [-0.3, -0.25) is 0 Å². The Morgan fingerprint density at radius 3 is 2.38 bits per heavy atom. The van der Waals surface area contributed by atoms with Crippen LogP contribution in [0.15, 0.2) is 0 Å². The average Bonchev–Trinajstić information content (AvgIpc) is 2.20. The first-order valence-electron chi connectivity index (χ1n) is 7.14. The van der Waals surface area contributed by atoms with Crippen molar-refractivity contribution in [1.29, 1.82) is 0 Å². The van der Waals surface area contributed by atoms with Gasteiger partial charge in [-0.15, -0.1) is 11.6 Å². The second-order valence-corrected chi connectivity index (χ2v) is 6.98. The van der Waals surface area contributed by atoms with Gasteiger partial charge >= 0.3 is 0 Å². The van der Waals surface area contributed by atoms with Crippen LogP contribution in [0.5, 0.6) is 0 Å². The predicted octanol–water partition coefficient (Wildman–Crippen LogP) is 5.49. The highest BCUT2D eigenvalue weighted by molar-refractivity contribution is 6.20. The zero-order chi connectivity index (χ0) is 12.1. The second-order valence-electron chi connectivity index (χ2n) is 6.42. The molecule has 1 aliphatic carbocycles. The summed E-state index contributed by atoms with van der Waals surface area (Å²) >= 11 is 6.47. The summed E-state index contributed by atoms with van der Waals surface area (Å²) in [6.45, 7) is 9.36. The summed E-state index contributed by atoms with van der Waals surface area (Å²) < 4.78 is 0. The Balaban J connectivity index is 2.32. The van der Waals surface area contributed by atoms with E-state index in [4.69, 9.17) is 11.6 Å². The first kappa shape index (κ1) is 14.4. The van der Waals surface area contributed by atoms with Crippen LogP contribution < -0.4 is 0 Å². The van der Waals surface area contributed by atoms with Crippen molar-refractivity contribution in [1.82, 2.24) is 0 Å². The lowest BCUT2D eigenvalue weighted by atomic mass is 9.74. The molecule has 0 amide bonds. The maximum atomic E-state index is 6.47. The highest BCUT2D eigenvalue weighted by Crippen LogP contribution is 2.38. The van der Waals surface area contributed by atoms with Crippen molar-refractivity contribution in [2.24, 2.45) is 23.7 Å². The van der Waals surface area contributed by atoms with Crippen LogP contribution in [0.1, 0.15) is 66.2 Å². The van der Waals surface area contributed by atoms with Crippen LogP contribution in [0.4, 0.5) is 0 Å². The Hall–Kier alpha value is 0.290. The molecule has 0 radical (unpaired) electrons. The van der Waals surface area contributed by atoms with Gasteiger partial charge in [0.25, 0.3) is 0 Å². The molecule has 0 N–H and O–H groups in total. The van der Waals surface area contributed by atoms with E-state index in [1.54, 1.807) is 0 Å². The minimum Gasteiger partial charge on any atom is -0.123 e. The molecule has 0 aromatic rings. The third kappa shape index (κ3) is 4.65. The summed E-state index contributed by atoms with van der Waals surface area (Å²) in [5.41, 5.74) is 0. The molecule has 3 atom stereocenters. The number of hydrogen-bond acceptors (Lipinski definition) is 0. The maximum absolute atomic E-state index is 6.47. The number of rotatable bonds is 5. The number of alkyl halides is 1. The van der Waals surface area contributed by atoms with E-state index in [1.807, 2.05) is 0 Å². The normalized spacial score (nSPS) is 31.3. The zero-order valence-electron chi connectivity index (χ0n) is 11.5. The van der Waals surface area contributed by atoms with Crippen molar-refractivity contribution >= 4 is 11.6 Å². The highest BCUT2D eigenvalue weighted by atomic mass is 35.5. The molecule has 0 spiro atoms. The van der Waals surface area contributed by atoms with Crippen molar-refractivity contribution < 1.29 is 0 Å². The molecule has 3 unspecified atom stereocenters. The fraction of sp³-hybridized carbons (Fsp3) is 1.00. The van der Waals surface area contributed by atoms with Gasteiger partial charge in [0, 0.05) is 5.38 Å². The first-order valence-corrected chi connectivity index (χ1v) is 7.58. The van der Waals surface area contributed by atoms with Gasteiger partial charge < -0.3 is 0 Å². The van der Waals surface area contributed by atoms with E-state index in [1.165, 1.54) is 38.5 Å². The molecule has 0 aromatic heterocycles. The summed E-state index contributed by atoms with van der Waals surface area (Å²) in [7, 11) is 0. The van der Waals surface area contributed by atoms with E-state index in [2.05, 4.69) is 27.7 Å². The third-order valence-corrected chi connectivity index (χ3v) is 4.80. The van der Waals surface area contributed by atoms with Crippen LogP contribution in [-0.4, -0.2) is 5.38 Å². The van der Waals surface area contributed by atoms with Crippen molar-refractivity contribution in [3.8, 4) is 0 Å². The fourth-order valence-corrected chi connectivity index (χ4v) is 3.31. The van der Waals surface area contributed by atoms with E-state index in [9.17, 15) is 0 Å². The minimum atomic E-state index is 0.460. The third-order valence-electron chi connectivity index (χ3n) is 4.23. The molecule has 16 heavy (non-hydrogen) atoms. The minimum absolute atomic E-state index is 0.460. The van der Waals surface area contributed by atoms with E-state index in [-0.39, 0.29) is 0 Å². The van der Waals surface area contributed by atoms with Crippen LogP contribution >= 0.6 is 11.6 Å². The van der Waals surface area contributed by atoms with Gasteiger partial charge in [0.1, 0.15) is 0 Å². The standard InChI is InChI=1S/C15H29Cl/c1-11(2)6-5-7-14-10-13(12(3)4)8-9-15(14)16/h11-15H,5-10H2,1-4H3. The van der Waals surface area contributed by atoms with Gasteiger partial charge in [-0.05, 0) is 49.4 Å². The lowest BCUT2D eigenvalue weighted by molar-refractivity contribution is 0.206. The molecule has 96 valence electrons. The zero-order valence-corrected chi connectivity index (χ0v) is 12.3. The van der Waals surface area contributed by atoms with Crippen LogP contribution in [0.3, 0.4) is 0 Å². The second kappa shape index (κ2) is 6.89. The Morgan fingerprint density at radius 2 is 1.81 bits per heavy atom. The van der Waals surface area contributed by atoms with Crippen LogP contribution in [0.25, 0.3) is 0 Å². The SMILES string of the molecule is CC(C)CCCC1CC(C(C)C)CCC1Cl. The molecule has 0 nitrogen and oxygen atoms in total. The van der Waals surface area contributed by atoms with Gasteiger partial charge in [0.15, 0.2) is 0 Å². The van der Waals surface area contributed by atoms with Crippen molar-refractivity contribution in [3.05, 3.63) is 0 Å². The van der Waals surface area contributed by atoms with Crippen molar-refractivity contribution in [3.63, 3.8) is 0 Å². The lowest BCUT2D eigenvalue weighted by Crippen LogP contribution is -2.28. The predicted molar refractivity (Wildman–Crippen MR) is 74.0 cm³/mol. The molecule has 0 aromatic carbocycles. The first-order chi connectivity index (χ1) is 7.50. The molecule has 0 saturated heterocycles. The summed E-state index contributed by atoms with van der Waals surface area (Å²) in [5, 5.41) is 0.460. The average molecular weight is 245 g/mol. The summed E-state index contributed by atoms with van der Waals surface area (Å²) in [4.78, 5) is 0. The van der Waals surface area contributed by atoms with Gasteiger partial charge in [-0.2, -0.15) is 0 Å². The Labute approximate surface area is 107 Å². The highest BCUT2D eigenvalue weighted by Gasteiger charge is 2.30. The van der Waals surface area contributed by atoms with E-state index in [0.717, 1.165) is 23.7 Å². The monoisotopic (exact) mass is 244 g/mol. The van der Waals surface area contributed by atoms with Gasteiger partial charge in [0.05, 0.1) is 0 Å². The topological polar surface area (TPSA) is 0 Å². The Morgan fingerprint density at radius 1 is 1.12 bits per heavy atom. The van der Waals surface area contributed by atoms with Crippen LogP contribution in [0.2, 0.25) is 0 Å². The molecular weight excluding hydrogens is 216 g/mol. The molecular formula is C15H29Cl. The molecule has 0 aliphatic heterocycles. The van der Waals surface area contributed by atoms with Gasteiger partial charge in [-0.1, -0.05) is 40.5 Å². The van der Waals surface area contributed by atoms with Crippen molar-refractivity contribution in [2.75, 3.05) is 0 Å². The number of hydrogen-bond donors (Lipinski definition) is 0. The maximum Gasteiger partial charge on any atom is 0.0364 e.